The van der Waals surface area contributed by atoms with Crippen molar-refractivity contribution < 1.29 is 15.0 Å². The highest BCUT2D eigenvalue weighted by molar-refractivity contribution is 5.87. The molecule has 0 unspecified atom stereocenters. The molecule has 0 spiro atoms. The molecule has 110 valence electrons. The largest absolute Gasteiger partial charge is 0.399 e. The van der Waals surface area contributed by atoms with E-state index < -0.39 is 0 Å². The maximum absolute atomic E-state index is 9.35. The van der Waals surface area contributed by atoms with Gasteiger partial charge in [0, 0.05) is 17.8 Å². The topological polar surface area (TPSA) is 76.7 Å². The van der Waals surface area contributed by atoms with Crippen molar-refractivity contribution >= 4 is 11.4 Å². The molecule has 5 heteroatoms. The van der Waals surface area contributed by atoms with Crippen molar-refractivity contribution in [2.75, 3.05) is 11.2 Å². The summed E-state index contributed by atoms with van der Waals surface area (Å²) in [5.41, 5.74) is 15.6. The number of anilines is 2. The van der Waals surface area contributed by atoms with Gasteiger partial charge in [-0.3, -0.25) is 20.5 Å². The Morgan fingerprint density at radius 3 is 1.76 bits per heavy atom. The lowest BCUT2D eigenvalue weighted by atomic mass is 9.87. The van der Waals surface area contributed by atoms with Crippen LogP contribution >= 0.6 is 0 Å². The molecule has 1 aliphatic heterocycles. The van der Waals surface area contributed by atoms with Gasteiger partial charge in [0.2, 0.25) is 0 Å². The fourth-order valence-electron chi connectivity index (χ4n) is 2.93. The highest BCUT2D eigenvalue weighted by atomic mass is 17.2. The third-order valence-corrected chi connectivity index (χ3v) is 4.30. The zero-order valence-electron chi connectivity index (χ0n) is 12.5. The monoisotopic (exact) mass is 286 g/mol. The molecule has 21 heavy (non-hydrogen) atoms. The van der Waals surface area contributed by atoms with Crippen LogP contribution in [0.15, 0.2) is 12.1 Å². The van der Waals surface area contributed by atoms with E-state index in [1.54, 1.807) is 12.1 Å². The molecule has 2 bridgehead atoms. The van der Waals surface area contributed by atoms with Crippen molar-refractivity contribution in [3.63, 3.8) is 0 Å². The van der Waals surface area contributed by atoms with Crippen LogP contribution in [-0.2, 0) is 0 Å². The van der Waals surface area contributed by atoms with Gasteiger partial charge in [-0.25, -0.2) is 0 Å². The summed E-state index contributed by atoms with van der Waals surface area (Å²) in [6.07, 6.45) is 0. The van der Waals surface area contributed by atoms with Gasteiger partial charge >= 0.3 is 0 Å². The van der Waals surface area contributed by atoms with Crippen LogP contribution in [-0.4, -0.2) is 5.21 Å². The smallest absolute Gasteiger partial charge is 0.192 e. The van der Waals surface area contributed by atoms with E-state index >= 15 is 0 Å². The first-order valence-electron chi connectivity index (χ1n) is 6.74. The third kappa shape index (κ3) is 1.81. The van der Waals surface area contributed by atoms with E-state index in [2.05, 4.69) is 5.48 Å². The van der Waals surface area contributed by atoms with Gasteiger partial charge in [-0.15, -0.1) is 0 Å². The fraction of sp³-hybridized carbons (Fsp3) is 0.250. The Balaban J connectivity index is 2.36. The summed E-state index contributed by atoms with van der Waals surface area (Å²) in [5.74, 6) is 1.25. The summed E-state index contributed by atoms with van der Waals surface area (Å²) in [6, 6.07) is 3.52. The second-order valence-corrected chi connectivity index (χ2v) is 5.42. The van der Waals surface area contributed by atoms with Gasteiger partial charge < -0.3 is 5.73 Å². The highest BCUT2D eigenvalue weighted by Gasteiger charge is 2.27. The Kier molecular flexibility index (Phi) is 2.95. The lowest BCUT2D eigenvalue weighted by Crippen LogP contribution is -2.03. The van der Waals surface area contributed by atoms with Crippen molar-refractivity contribution in [1.29, 1.82) is 0 Å². The van der Waals surface area contributed by atoms with Gasteiger partial charge in [0.15, 0.2) is 11.5 Å². The molecule has 1 heterocycles. The van der Waals surface area contributed by atoms with Crippen molar-refractivity contribution in [2.24, 2.45) is 0 Å². The summed E-state index contributed by atoms with van der Waals surface area (Å²) in [4.78, 5) is 10.5. The third-order valence-electron chi connectivity index (χ3n) is 4.30. The molecule has 3 rings (SSSR count). The van der Waals surface area contributed by atoms with Gasteiger partial charge in [-0.1, -0.05) is 0 Å². The van der Waals surface area contributed by atoms with E-state index in [0.717, 1.165) is 39.1 Å². The summed E-state index contributed by atoms with van der Waals surface area (Å²) in [5, 5.41) is 9.35. The first-order valence-corrected chi connectivity index (χ1v) is 6.74. The van der Waals surface area contributed by atoms with Crippen molar-refractivity contribution in [1.82, 2.24) is 0 Å². The van der Waals surface area contributed by atoms with Crippen LogP contribution in [0.4, 0.5) is 11.4 Å². The standard InChI is InChI=1S/C16H18N2O3/c1-7-9(3)16(18-19)10(4)8(2)14(7)15-12-5-11(17)6-13(15)21-20-12/h5-6,18-19H,17H2,1-4H3. The van der Waals surface area contributed by atoms with Crippen molar-refractivity contribution in [3.05, 3.63) is 34.4 Å². The normalized spacial score (nSPS) is 12.0. The zero-order chi connectivity index (χ0) is 15.3. The predicted octanol–water partition coefficient (Wildman–Crippen LogP) is 3.66. The molecule has 0 fully saturated rings. The molecule has 0 saturated carbocycles. The maximum atomic E-state index is 9.35. The molecule has 5 nitrogen and oxygen atoms in total. The number of fused-ring (bicyclic) bond motifs is 2. The van der Waals surface area contributed by atoms with Crippen LogP contribution in [0, 0.1) is 27.7 Å². The van der Waals surface area contributed by atoms with Gasteiger partial charge in [-0.2, -0.15) is 0 Å². The molecule has 0 radical (unpaired) electrons. The van der Waals surface area contributed by atoms with Crippen LogP contribution in [0.25, 0.3) is 11.1 Å². The van der Waals surface area contributed by atoms with Gasteiger partial charge in [0.05, 0.1) is 11.3 Å². The number of hydrogen-bond donors (Lipinski definition) is 3. The first-order chi connectivity index (χ1) is 9.95. The van der Waals surface area contributed by atoms with E-state index in [9.17, 15) is 5.21 Å². The Bertz CT molecular complexity index is 700. The summed E-state index contributed by atoms with van der Waals surface area (Å²) in [6.45, 7) is 7.99. The van der Waals surface area contributed by atoms with E-state index in [0.29, 0.717) is 17.2 Å². The second-order valence-electron chi connectivity index (χ2n) is 5.42. The molecule has 0 saturated heterocycles. The molecule has 1 aliphatic rings. The number of rotatable bonds is 2. The minimum atomic E-state index is 0.610. The van der Waals surface area contributed by atoms with Gasteiger partial charge in [0.25, 0.3) is 0 Å². The Morgan fingerprint density at radius 1 is 0.857 bits per heavy atom. The van der Waals surface area contributed by atoms with E-state index in [1.165, 1.54) is 0 Å². The Hall–Kier alpha value is -2.40. The molecule has 2 aromatic carbocycles. The Labute approximate surface area is 123 Å². The summed E-state index contributed by atoms with van der Waals surface area (Å²) >= 11 is 0. The van der Waals surface area contributed by atoms with Crippen LogP contribution in [0.2, 0.25) is 0 Å². The lowest BCUT2D eigenvalue weighted by Gasteiger charge is -2.19. The SMILES string of the molecule is Cc1c(C)c(-c2c3cc(N)cc2OO3)c(C)c(C)c1NO. The number of hydrogen-bond acceptors (Lipinski definition) is 5. The van der Waals surface area contributed by atoms with Crippen molar-refractivity contribution in [3.8, 4) is 22.6 Å². The van der Waals surface area contributed by atoms with Crippen LogP contribution in [0.3, 0.4) is 0 Å². The summed E-state index contributed by atoms with van der Waals surface area (Å²) < 4.78 is 0. The number of nitrogen functional groups attached to an aromatic ring is 1. The maximum Gasteiger partial charge on any atom is 0.192 e. The van der Waals surface area contributed by atoms with E-state index in [-0.39, 0.29) is 0 Å². The lowest BCUT2D eigenvalue weighted by molar-refractivity contribution is -0.0846. The average Bonchev–Trinajstić information content (AvgIpc) is 2.70. The van der Waals surface area contributed by atoms with E-state index in [4.69, 9.17) is 15.5 Å². The average molecular weight is 286 g/mol. The van der Waals surface area contributed by atoms with Crippen LogP contribution < -0.4 is 21.0 Å². The Morgan fingerprint density at radius 2 is 1.33 bits per heavy atom. The fourth-order valence-corrected chi connectivity index (χ4v) is 2.93. The zero-order valence-corrected chi connectivity index (χ0v) is 12.5. The van der Waals surface area contributed by atoms with Gasteiger partial charge in [0.1, 0.15) is 0 Å². The minimum Gasteiger partial charge on any atom is -0.399 e. The molecule has 2 aromatic rings. The molecule has 0 amide bonds. The minimum absolute atomic E-state index is 0.610. The number of nitrogens with one attached hydrogen (secondary N) is 1. The molecule has 4 N–H and O–H groups in total. The van der Waals surface area contributed by atoms with Crippen LogP contribution in [0.1, 0.15) is 22.3 Å². The summed E-state index contributed by atoms with van der Waals surface area (Å²) in [7, 11) is 0. The molecule has 0 atom stereocenters. The number of benzene rings is 2. The first kappa shape index (κ1) is 13.6. The molecular formula is C16H18N2O3. The molecule has 0 aromatic heterocycles. The quantitative estimate of drug-likeness (QED) is 0.446. The van der Waals surface area contributed by atoms with Crippen LogP contribution in [0.5, 0.6) is 11.5 Å². The predicted molar refractivity (Wildman–Crippen MR) is 81.9 cm³/mol. The van der Waals surface area contributed by atoms with Gasteiger partial charge in [-0.05, 0) is 55.5 Å². The molecule has 0 aliphatic carbocycles. The number of nitrogens with two attached hydrogens (primary N) is 1. The van der Waals surface area contributed by atoms with E-state index in [1.807, 2.05) is 27.7 Å². The highest BCUT2D eigenvalue weighted by Crippen LogP contribution is 2.49. The molecular weight excluding hydrogens is 268 g/mol. The van der Waals surface area contributed by atoms with Crippen molar-refractivity contribution in [2.45, 2.75) is 27.7 Å². The second kappa shape index (κ2) is 4.56.